The molecular formula is C15H24N2OS. The van der Waals surface area contributed by atoms with Crippen LogP contribution in [-0.4, -0.2) is 30.4 Å². The van der Waals surface area contributed by atoms with E-state index in [1.54, 1.807) is 17.4 Å². The molecule has 1 aromatic heterocycles. The summed E-state index contributed by atoms with van der Waals surface area (Å²) in [5.74, 6) is 0.0665. The number of hydrogen-bond donors (Lipinski definition) is 1. The number of rotatable bonds is 7. The third kappa shape index (κ3) is 5.57. The van der Waals surface area contributed by atoms with Gasteiger partial charge in [0.25, 0.3) is 0 Å². The number of amides is 1. The summed E-state index contributed by atoms with van der Waals surface area (Å²) < 4.78 is 0. The SMILES string of the molecule is CCCN(CC(C)(C)CN)C(=O)C=Cc1cccs1. The Labute approximate surface area is 120 Å². The maximum atomic E-state index is 12.2. The Bertz CT molecular complexity index is 410. The molecule has 0 aromatic carbocycles. The molecule has 0 radical (unpaired) electrons. The van der Waals surface area contributed by atoms with Crippen LogP contribution < -0.4 is 5.73 Å². The van der Waals surface area contributed by atoms with Crippen molar-refractivity contribution >= 4 is 23.3 Å². The second-order valence-electron chi connectivity index (χ2n) is 5.48. The van der Waals surface area contributed by atoms with Crippen LogP contribution in [0.1, 0.15) is 32.1 Å². The van der Waals surface area contributed by atoms with Crippen molar-refractivity contribution in [1.82, 2.24) is 4.90 Å². The quantitative estimate of drug-likeness (QED) is 0.780. The molecule has 0 fully saturated rings. The Morgan fingerprint density at radius 3 is 2.79 bits per heavy atom. The molecule has 0 atom stereocenters. The summed E-state index contributed by atoms with van der Waals surface area (Å²) in [6, 6.07) is 3.98. The second-order valence-corrected chi connectivity index (χ2v) is 6.46. The monoisotopic (exact) mass is 280 g/mol. The molecule has 3 nitrogen and oxygen atoms in total. The minimum absolute atomic E-state index is 0.0401. The molecule has 1 aromatic rings. The van der Waals surface area contributed by atoms with Gasteiger partial charge in [-0.15, -0.1) is 11.3 Å². The van der Waals surface area contributed by atoms with E-state index in [1.165, 1.54) is 0 Å². The lowest BCUT2D eigenvalue weighted by Gasteiger charge is -2.31. The summed E-state index contributed by atoms with van der Waals surface area (Å²) in [5, 5.41) is 2.01. The van der Waals surface area contributed by atoms with Crippen LogP contribution in [0.25, 0.3) is 6.08 Å². The Morgan fingerprint density at radius 1 is 1.53 bits per heavy atom. The van der Waals surface area contributed by atoms with E-state index in [4.69, 9.17) is 5.73 Å². The van der Waals surface area contributed by atoms with E-state index < -0.39 is 0 Å². The molecule has 0 saturated heterocycles. The van der Waals surface area contributed by atoms with Gasteiger partial charge < -0.3 is 10.6 Å². The maximum absolute atomic E-state index is 12.2. The molecule has 0 bridgehead atoms. The normalized spacial score (nSPS) is 12.0. The van der Waals surface area contributed by atoms with E-state index in [2.05, 4.69) is 20.8 Å². The topological polar surface area (TPSA) is 46.3 Å². The molecule has 1 amide bonds. The minimum atomic E-state index is -0.0401. The lowest BCUT2D eigenvalue weighted by Crippen LogP contribution is -2.41. The lowest BCUT2D eigenvalue weighted by atomic mass is 9.93. The van der Waals surface area contributed by atoms with Gasteiger partial charge in [-0.1, -0.05) is 26.8 Å². The molecule has 1 heterocycles. The molecule has 0 aliphatic carbocycles. The van der Waals surface area contributed by atoms with Gasteiger partial charge in [0.15, 0.2) is 0 Å². The zero-order chi connectivity index (χ0) is 14.3. The molecule has 4 heteroatoms. The third-order valence-electron chi connectivity index (χ3n) is 2.91. The van der Waals surface area contributed by atoms with Crippen molar-refractivity contribution in [2.45, 2.75) is 27.2 Å². The van der Waals surface area contributed by atoms with E-state index in [9.17, 15) is 4.79 Å². The summed E-state index contributed by atoms with van der Waals surface area (Å²) in [7, 11) is 0. The fourth-order valence-corrected chi connectivity index (χ4v) is 2.38. The van der Waals surface area contributed by atoms with Crippen molar-refractivity contribution < 1.29 is 4.79 Å². The molecule has 1 rings (SSSR count). The van der Waals surface area contributed by atoms with Crippen molar-refractivity contribution in [2.24, 2.45) is 11.1 Å². The lowest BCUT2D eigenvalue weighted by molar-refractivity contribution is -0.127. The van der Waals surface area contributed by atoms with Crippen LogP contribution in [0.5, 0.6) is 0 Å². The number of nitrogens with zero attached hydrogens (tertiary/aromatic N) is 1. The second kappa shape index (κ2) is 7.46. The van der Waals surface area contributed by atoms with E-state index in [0.717, 1.165) is 17.8 Å². The maximum Gasteiger partial charge on any atom is 0.246 e. The van der Waals surface area contributed by atoms with Crippen molar-refractivity contribution in [1.29, 1.82) is 0 Å². The van der Waals surface area contributed by atoms with Crippen molar-refractivity contribution in [3.8, 4) is 0 Å². The largest absolute Gasteiger partial charge is 0.339 e. The third-order valence-corrected chi connectivity index (χ3v) is 3.75. The van der Waals surface area contributed by atoms with E-state index in [0.29, 0.717) is 13.1 Å². The van der Waals surface area contributed by atoms with Crippen molar-refractivity contribution in [2.75, 3.05) is 19.6 Å². The Hall–Kier alpha value is -1.13. The summed E-state index contributed by atoms with van der Waals surface area (Å²) in [6.07, 6.45) is 4.50. The van der Waals surface area contributed by atoms with Crippen LogP contribution in [0.15, 0.2) is 23.6 Å². The molecule has 0 aliphatic heterocycles. The first-order valence-corrected chi connectivity index (χ1v) is 7.57. The summed E-state index contributed by atoms with van der Waals surface area (Å²) in [6.45, 7) is 8.31. The van der Waals surface area contributed by atoms with Crippen LogP contribution in [0.2, 0.25) is 0 Å². The average Bonchev–Trinajstić information content (AvgIpc) is 2.88. The minimum Gasteiger partial charge on any atom is -0.339 e. The highest BCUT2D eigenvalue weighted by molar-refractivity contribution is 7.10. The number of carbonyl (C=O) groups is 1. The van der Waals surface area contributed by atoms with Gasteiger partial charge in [-0.3, -0.25) is 4.79 Å². The fourth-order valence-electron chi connectivity index (χ4n) is 1.76. The predicted molar refractivity (Wildman–Crippen MR) is 83.1 cm³/mol. The first-order valence-electron chi connectivity index (χ1n) is 6.69. The predicted octanol–water partition coefficient (Wildman–Crippen LogP) is 2.98. The summed E-state index contributed by atoms with van der Waals surface area (Å²) in [5.41, 5.74) is 5.71. The molecular weight excluding hydrogens is 256 g/mol. The van der Waals surface area contributed by atoms with Gasteiger partial charge in [-0.25, -0.2) is 0 Å². The highest BCUT2D eigenvalue weighted by atomic mass is 32.1. The molecule has 0 spiro atoms. The van der Waals surface area contributed by atoms with Crippen LogP contribution in [0.3, 0.4) is 0 Å². The highest BCUT2D eigenvalue weighted by Gasteiger charge is 2.22. The highest BCUT2D eigenvalue weighted by Crippen LogP contribution is 2.16. The van der Waals surface area contributed by atoms with Crippen molar-refractivity contribution in [3.63, 3.8) is 0 Å². The fraction of sp³-hybridized carbons (Fsp3) is 0.533. The number of thiophene rings is 1. The molecule has 0 unspecified atom stereocenters. The molecule has 106 valence electrons. The van der Waals surface area contributed by atoms with Gasteiger partial charge in [-0.05, 0) is 35.9 Å². The van der Waals surface area contributed by atoms with Gasteiger partial charge in [0.2, 0.25) is 5.91 Å². The van der Waals surface area contributed by atoms with Gasteiger partial charge in [0.05, 0.1) is 0 Å². The zero-order valence-corrected chi connectivity index (χ0v) is 12.9. The van der Waals surface area contributed by atoms with E-state index in [1.807, 2.05) is 28.5 Å². The van der Waals surface area contributed by atoms with Crippen LogP contribution >= 0.6 is 11.3 Å². The number of nitrogens with two attached hydrogens (primary N) is 1. The average molecular weight is 280 g/mol. The Balaban J connectivity index is 2.67. The first-order chi connectivity index (χ1) is 8.98. The standard InChI is InChI=1S/C15H24N2OS/c1-4-9-17(12-15(2,3)11-16)14(18)8-7-13-6-5-10-19-13/h5-8,10H,4,9,11-12,16H2,1-3H3. The smallest absolute Gasteiger partial charge is 0.246 e. The summed E-state index contributed by atoms with van der Waals surface area (Å²) in [4.78, 5) is 15.2. The van der Waals surface area contributed by atoms with E-state index >= 15 is 0 Å². The Morgan fingerprint density at radius 2 is 2.26 bits per heavy atom. The molecule has 0 aliphatic rings. The van der Waals surface area contributed by atoms with E-state index in [-0.39, 0.29) is 11.3 Å². The van der Waals surface area contributed by atoms with Gasteiger partial charge >= 0.3 is 0 Å². The number of carbonyl (C=O) groups excluding carboxylic acids is 1. The molecule has 19 heavy (non-hydrogen) atoms. The van der Waals surface area contributed by atoms with Gasteiger partial charge in [-0.2, -0.15) is 0 Å². The van der Waals surface area contributed by atoms with Crippen LogP contribution in [0.4, 0.5) is 0 Å². The Kier molecular flexibility index (Phi) is 6.25. The van der Waals surface area contributed by atoms with Crippen LogP contribution in [0, 0.1) is 5.41 Å². The van der Waals surface area contributed by atoms with Crippen molar-refractivity contribution in [3.05, 3.63) is 28.5 Å². The summed E-state index contributed by atoms with van der Waals surface area (Å²) >= 11 is 1.63. The number of hydrogen-bond acceptors (Lipinski definition) is 3. The molecule has 2 N–H and O–H groups in total. The van der Waals surface area contributed by atoms with Crippen LogP contribution in [-0.2, 0) is 4.79 Å². The van der Waals surface area contributed by atoms with Gasteiger partial charge in [0, 0.05) is 24.0 Å². The molecule has 0 saturated carbocycles. The first kappa shape index (κ1) is 15.9. The van der Waals surface area contributed by atoms with Gasteiger partial charge in [0.1, 0.15) is 0 Å². The zero-order valence-electron chi connectivity index (χ0n) is 12.1.